The molecule has 1 atom stereocenters. The largest absolute Gasteiger partial charge is 0.394 e. The highest BCUT2D eigenvalue weighted by molar-refractivity contribution is 5.98. The van der Waals surface area contributed by atoms with E-state index in [-0.39, 0.29) is 6.04 Å². The number of rotatable bonds is 5. The van der Waals surface area contributed by atoms with Gasteiger partial charge in [-0.15, -0.1) is 0 Å². The number of benzene rings is 1. The Morgan fingerprint density at radius 2 is 1.42 bits per heavy atom. The minimum absolute atomic E-state index is 0.170. The number of amides is 2. The molecule has 26 heavy (non-hydrogen) atoms. The smallest absolute Gasteiger partial charge is 0.258 e. The van der Waals surface area contributed by atoms with Crippen LogP contribution in [0.5, 0.6) is 0 Å². The van der Waals surface area contributed by atoms with Gasteiger partial charge in [-0.25, -0.2) is 22.0 Å². The summed E-state index contributed by atoms with van der Waals surface area (Å²) in [5, 5.41) is 13.6. The molecule has 0 saturated heterocycles. The minimum Gasteiger partial charge on any atom is -0.394 e. The SMILES string of the molecule is O=C(NC(CO)C(=O)NC1CCCCC1)c1c(F)c(F)c(F)c(F)c1F. The van der Waals surface area contributed by atoms with Crippen molar-refractivity contribution in [2.24, 2.45) is 0 Å². The molecule has 0 bridgehead atoms. The zero-order valence-corrected chi connectivity index (χ0v) is 13.6. The van der Waals surface area contributed by atoms with E-state index in [1.807, 2.05) is 0 Å². The topological polar surface area (TPSA) is 78.4 Å². The first-order valence-electron chi connectivity index (χ1n) is 8.01. The Balaban J connectivity index is 2.15. The molecular formula is C16H17F5N2O3. The fraction of sp³-hybridized carbons (Fsp3) is 0.500. The summed E-state index contributed by atoms with van der Waals surface area (Å²) in [6, 6.07) is -1.77. The lowest BCUT2D eigenvalue weighted by Gasteiger charge is -2.25. The Labute approximate surface area is 145 Å². The maximum absolute atomic E-state index is 13.6. The molecule has 0 aliphatic heterocycles. The number of halogens is 5. The van der Waals surface area contributed by atoms with Crippen molar-refractivity contribution in [3.63, 3.8) is 0 Å². The van der Waals surface area contributed by atoms with Gasteiger partial charge in [0.2, 0.25) is 11.7 Å². The second-order valence-corrected chi connectivity index (χ2v) is 6.00. The van der Waals surface area contributed by atoms with Crippen LogP contribution < -0.4 is 10.6 Å². The lowest BCUT2D eigenvalue weighted by atomic mass is 9.95. The summed E-state index contributed by atoms with van der Waals surface area (Å²) >= 11 is 0. The Bertz CT molecular complexity index is 679. The molecular weight excluding hydrogens is 363 g/mol. The van der Waals surface area contributed by atoms with Crippen molar-refractivity contribution >= 4 is 11.8 Å². The highest BCUT2D eigenvalue weighted by atomic mass is 19.2. The van der Waals surface area contributed by atoms with Gasteiger partial charge in [0, 0.05) is 6.04 Å². The molecule has 1 fully saturated rings. The molecule has 1 aromatic rings. The van der Waals surface area contributed by atoms with Gasteiger partial charge in [0.1, 0.15) is 11.6 Å². The molecule has 1 unspecified atom stereocenters. The van der Waals surface area contributed by atoms with Crippen molar-refractivity contribution in [1.29, 1.82) is 0 Å². The third-order valence-electron chi connectivity index (χ3n) is 4.19. The number of hydrogen-bond donors (Lipinski definition) is 3. The van der Waals surface area contributed by atoms with Crippen LogP contribution in [0.15, 0.2) is 0 Å². The van der Waals surface area contributed by atoms with E-state index < -0.39 is 59.1 Å². The van der Waals surface area contributed by atoms with Crippen molar-refractivity contribution in [2.45, 2.75) is 44.2 Å². The van der Waals surface area contributed by atoms with Gasteiger partial charge in [-0.05, 0) is 12.8 Å². The molecule has 0 radical (unpaired) electrons. The van der Waals surface area contributed by atoms with Crippen LogP contribution >= 0.6 is 0 Å². The highest BCUT2D eigenvalue weighted by Gasteiger charge is 2.32. The van der Waals surface area contributed by atoms with E-state index in [1.165, 1.54) is 0 Å². The first kappa shape index (κ1) is 20.1. The number of carbonyl (C=O) groups excluding carboxylic acids is 2. The summed E-state index contributed by atoms with van der Waals surface area (Å²) < 4.78 is 66.6. The van der Waals surface area contributed by atoms with E-state index in [2.05, 4.69) is 5.32 Å². The van der Waals surface area contributed by atoms with E-state index in [1.54, 1.807) is 5.32 Å². The van der Waals surface area contributed by atoms with Crippen molar-refractivity contribution in [2.75, 3.05) is 6.61 Å². The van der Waals surface area contributed by atoms with Crippen LogP contribution in [0.3, 0.4) is 0 Å². The normalized spacial score (nSPS) is 16.2. The summed E-state index contributed by atoms with van der Waals surface area (Å²) in [6.07, 6.45) is 4.22. The molecule has 3 N–H and O–H groups in total. The molecule has 0 heterocycles. The molecule has 1 saturated carbocycles. The molecule has 144 valence electrons. The maximum Gasteiger partial charge on any atom is 0.258 e. The van der Waals surface area contributed by atoms with E-state index >= 15 is 0 Å². The quantitative estimate of drug-likeness (QED) is 0.415. The average molecular weight is 380 g/mol. The zero-order valence-electron chi connectivity index (χ0n) is 13.6. The van der Waals surface area contributed by atoms with Gasteiger partial charge in [-0.2, -0.15) is 0 Å². The average Bonchev–Trinajstić information content (AvgIpc) is 2.63. The maximum atomic E-state index is 13.6. The molecule has 2 rings (SSSR count). The fourth-order valence-corrected chi connectivity index (χ4v) is 2.78. The van der Waals surface area contributed by atoms with Gasteiger partial charge in [0.25, 0.3) is 5.91 Å². The molecule has 10 heteroatoms. The van der Waals surface area contributed by atoms with Gasteiger partial charge in [0.05, 0.1) is 6.61 Å². The lowest BCUT2D eigenvalue weighted by Crippen LogP contribution is -2.52. The number of aliphatic hydroxyl groups is 1. The van der Waals surface area contributed by atoms with Gasteiger partial charge in [0.15, 0.2) is 23.3 Å². The number of hydrogen-bond acceptors (Lipinski definition) is 3. The Kier molecular flexibility index (Phi) is 6.52. The molecule has 0 aromatic heterocycles. The van der Waals surface area contributed by atoms with Gasteiger partial charge >= 0.3 is 0 Å². The first-order valence-corrected chi connectivity index (χ1v) is 8.01. The third-order valence-corrected chi connectivity index (χ3v) is 4.19. The van der Waals surface area contributed by atoms with Crippen LogP contribution in [0.1, 0.15) is 42.5 Å². The van der Waals surface area contributed by atoms with Crippen molar-refractivity contribution in [1.82, 2.24) is 10.6 Å². The Morgan fingerprint density at radius 3 is 1.92 bits per heavy atom. The van der Waals surface area contributed by atoms with E-state index in [0.29, 0.717) is 12.8 Å². The van der Waals surface area contributed by atoms with Gasteiger partial charge in [-0.3, -0.25) is 9.59 Å². The highest BCUT2D eigenvalue weighted by Crippen LogP contribution is 2.23. The van der Waals surface area contributed by atoms with Crippen LogP contribution in [-0.4, -0.2) is 35.6 Å². The summed E-state index contributed by atoms with van der Waals surface area (Å²) in [5.74, 6) is -14.1. The van der Waals surface area contributed by atoms with E-state index in [4.69, 9.17) is 0 Å². The van der Waals surface area contributed by atoms with Crippen LogP contribution in [0, 0.1) is 29.1 Å². The first-order chi connectivity index (χ1) is 12.3. The molecule has 1 aliphatic rings. The van der Waals surface area contributed by atoms with Crippen LogP contribution in [0.4, 0.5) is 22.0 Å². The lowest BCUT2D eigenvalue weighted by molar-refractivity contribution is -0.124. The predicted octanol–water partition coefficient (Wildman–Crippen LogP) is 1.92. The Morgan fingerprint density at radius 1 is 0.923 bits per heavy atom. The summed E-state index contributed by atoms with van der Waals surface area (Å²) in [4.78, 5) is 24.0. The van der Waals surface area contributed by atoms with Crippen molar-refractivity contribution in [3.8, 4) is 0 Å². The molecule has 1 aliphatic carbocycles. The van der Waals surface area contributed by atoms with Crippen molar-refractivity contribution < 1.29 is 36.6 Å². The number of carbonyl (C=O) groups is 2. The Hall–Kier alpha value is -2.23. The standard InChI is InChI=1S/C16H17F5N2O3/c17-10-9(11(18)13(20)14(21)12(10)19)16(26)23-8(6-24)15(25)22-7-4-2-1-3-5-7/h7-8,24H,1-6H2,(H,22,25)(H,23,26). The molecule has 1 aromatic carbocycles. The number of aliphatic hydroxyl groups excluding tert-OH is 1. The van der Waals surface area contributed by atoms with Gasteiger partial charge < -0.3 is 15.7 Å². The summed E-state index contributed by atoms with van der Waals surface area (Å²) in [6.45, 7) is -0.917. The summed E-state index contributed by atoms with van der Waals surface area (Å²) in [5.41, 5.74) is -1.72. The molecule has 5 nitrogen and oxygen atoms in total. The molecule has 2 amide bonds. The molecule has 0 spiro atoms. The number of nitrogens with one attached hydrogen (secondary N) is 2. The third kappa shape index (κ3) is 4.12. The van der Waals surface area contributed by atoms with E-state index in [0.717, 1.165) is 19.3 Å². The minimum atomic E-state index is -2.40. The van der Waals surface area contributed by atoms with Crippen LogP contribution in [0.2, 0.25) is 0 Å². The van der Waals surface area contributed by atoms with Gasteiger partial charge in [-0.1, -0.05) is 19.3 Å². The second kappa shape index (κ2) is 8.43. The second-order valence-electron chi connectivity index (χ2n) is 6.00. The van der Waals surface area contributed by atoms with E-state index in [9.17, 15) is 36.6 Å². The predicted molar refractivity (Wildman–Crippen MR) is 79.6 cm³/mol. The zero-order chi connectivity index (χ0) is 19.4. The van der Waals surface area contributed by atoms with Crippen LogP contribution in [0.25, 0.3) is 0 Å². The monoisotopic (exact) mass is 380 g/mol. The fourth-order valence-electron chi connectivity index (χ4n) is 2.78. The van der Waals surface area contributed by atoms with Crippen LogP contribution in [-0.2, 0) is 4.79 Å². The van der Waals surface area contributed by atoms with Crippen molar-refractivity contribution in [3.05, 3.63) is 34.6 Å². The summed E-state index contributed by atoms with van der Waals surface area (Å²) in [7, 11) is 0.